The standard InChI is InChI=1S/C4H6O3S/c1-3-7-8(5,6)4-2/h1H,4H2,2H3. The van der Waals surface area contributed by atoms with E-state index in [1.165, 1.54) is 6.92 Å². The third-order valence-corrected chi connectivity index (χ3v) is 1.59. The van der Waals surface area contributed by atoms with Crippen LogP contribution in [0, 0.1) is 12.5 Å². The first-order valence-electron chi connectivity index (χ1n) is 1.99. The van der Waals surface area contributed by atoms with Gasteiger partial charge in [0.1, 0.15) is 6.11 Å². The average Bonchev–Trinajstić information content (AvgIpc) is 1.67. The molecule has 0 aliphatic heterocycles. The molecule has 0 unspecified atom stereocenters. The van der Waals surface area contributed by atoms with Gasteiger partial charge in [-0.2, -0.15) is 8.42 Å². The van der Waals surface area contributed by atoms with E-state index in [0.717, 1.165) is 0 Å². The lowest BCUT2D eigenvalue weighted by molar-refractivity contribution is 0.467. The van der Waals surface area contributed by atoms with Crippen molar-refractivity contribution in [3.8, 4) is 12.5 Å². The first kappa shape index (κ1) is 7.31. The van der Waals surface area contributed by atoms with Crippen LogP contribution < -0.4 is 0 Å². The van der Waals surface area contributed by atoms with Crippen LogP contribution in [-0.2, 0) is 14.3 Å². The molecule has 8 heavy (non-hydrogen) atoms. The first-order chi connectivity index (χ1) is 3.62. The topological polar surface area (TPSA) is 43.4 Å². The Morgan fingerprint density at radius 2 is 2.25 bits per heavy atom. The average molecular weight is 134 g/mol. The van der Waals surface area contributed by atoms with Crippen molar-refractivity contribution in [1.29, 1.82) is 0 Å². The highest BCUT2D eigenvalue weighted by atomic mass is 32.2. The van der Waals surface area contributed by atoms with Gasteiger partial charge in [0.2, 0.25) is 0 Å². The number of hydrogen-bond acceptors (Lipinski definition) is 3. The molecule has 0 aliphatic rings. The summed E-state index contributed by atoms with van der Waals surface area (Å²) in [4.78, 5) is 0. The molecule has 0 aromatic carbocycles. The minimum absolute atomic E-state index is 0.0861. The molecular formula is C4H6O3S. The summed E-state index contributed by atoms with van der Waals surface area (Å²) in [7, 11) is -3.41. The third-order valence-electron chi connectivity index (χ3n) is 0.529. The fourth-order valence-corrected chi connectivity index (χ4v) is 0.397. The Labute approximate surface area is 48.8 Å². The van der Waals surface area contributed by atoms with E-state index >= 15 is 0 Å². The summed E-state index contributed by atoms with van der Waals surface area (Å²) in [6.07, 6.45) is 6.11. The van der Waals surface area contributed by atoms with Crippen LogP contribution in [0.1, 0.15) is 6.92 Å². The van der Waals surface area contributed by atoms with Crippen LogP contribution in [0.3, 0.4) is 0 Å². The van der Waals surface area contributed by atoms with Crippen LogP contribution in [0.25, 0.3) is 0 Å². The Morgan fingerprint density at radius 3 is 2.38 bits per heavy atom. The smallest absolute Gasteiger partial charge is 0.316 e. The second-order valence-electron chi connectivity index (χ2n) is 1.05. The highest BCUT2D eigenvalue weighted by Gasteiger charge is 2.02. The lowest BCUT2D eigenvalue weighted by Crippen LogP contribution is -2.03. The van der Waals surface area contributed by atoms with Crippen molar-refractivity contribution in [2.45, 2.75) is 6.92 Å². The van der Waals surface area contributed by atoms with Gasteiger partial charge in [0.15, 0.2) is 0 Å². The van der Waals surface area contributed by atoms with E-state index in [9.17, 15) is 8.42 Å². The Kier molecular flexibility index (Phi) is 2.35. The van der Waals surface area contributed by atoms with E-state index in [0.29, 0.717) is 0 Å². The summed E-state index contributed by atoms with van der Waals surface area (Å²) < 4.78 is 24.3. The number of hydrogen-bond donors (Lipinski definition) is 0. The minimum Gasteiger partial charge on any atom is -0.328 e. The van der Waals surface area contributed by atoms with Gasteiger partial charge in [-0.25, -0.2) is 0 Å². The molecule has 0 radical (unpaired) electrons. The summed E-state index contributed by atoms with van der Waals surface area (Å²) in [6.45, 7) is 1.45. The molecule has 0 aliphatic carbocycles. The Morgan fingerprint density at radius 1 is 1.75 bits per heavy atom. The van der Waals surface area contributed by atoms with Crippen molar-refractivity contribution in [3.63, 3.8) is 0 Å². The molecule has 3 nitrogen and oxygen atoms in total. The molecule has 0 rings (SSSR count). The van der Waals surface area contributed by atoms with Crippen molar-refractivity contribution in [2.75, 3.05) is 5.75 Å². The second-order valence-corrected chi connectivity index (χ2v) is 2.91. The van der Waals surface area contributed by atoms with Crippen LogP contribution >= 0.6 is 0 Å². The SMILES string of the molecule is C#COS(=O)(=O)CC. The van der Waals surface area contributed by atoms with Crippen LogP contribution in [0.5, 0.6) is 0 Å². The molecule has 0 bridgehead atoms. The fraction of sp³-hybridized carbons (Fsp3) is 0.500. The second kappa shape index (κ2) is 2.58. The minimum atomic E-state index is -3.41. The molecule has 46 valence electrons. The van der Waals surface area contributed by atoms with Crippen molar-refractivity contribution in [1.82, 2.24) is 0 Å². The predicted molar refractivity (Wildman–Crippen MR) is 29.4 cm³/mol. The predicted octanol–water partition coefficient (Wildman–Crippen LogP) is -0.0566. The molecule has 4 heteroatoms. The Balaban J connectivity index is 4.01. The van der Waals surface area contributed by atoms with E-state index < -0.39 is 10.1 Å². The van der Waals surface area contributed by atoms with Gasteiger partial charge in [0, 0.05) is 0 Å². The van der Waals surface area contributed by atoms with Crippen LogP contribution in [0.15, 0.2) is 0 Å². The van der Waals surface area contributed by atoms with Crippen LogP contribution in [0.2, 0.25) is 0 Å². The molecule has 0 saturated carbocycles. The fourth-order valence-electron chi connectivity index (χ4n) is 0.132. The van der Waals surface area contributed by atoms with Gasteiger partial charge in [-0.05, 0) is 6.92 Å². The molecule has 0 aromatic rings. The highest BCUT2D eigenvalue weighted by Crippen LogP contribution is 1.87. The van der Waals surface area contributed by atoms with Crippen molar-refractivity contribution in [2.24, 2.45) is 0 Å². The molecule has 0 heterocycles. The lowest BCUT2D eigenvalue weighted by Gasteiger charge is -1.91. The first-order valence-corrected chi connectivity index (χ1v) is 3.57. The van der Waals surface area contributed by atoms with Gasteiger partial charge in [-0.1, -0.05) is 6.42 Å². The van der Waals surface area contributed by atoms with Crippen molar-refractivity contribution >= 4 is 10.1 Å². The molecule has 0 saturated heterocycles. The quantitative estimate of drug-likeness (QED) is 0.392. The zero-order chi connectivity index (χ0) is 6.62. The van der Waals surface area contributed by atoms with Crippen LogP contribution in [0.4, 0.5) is 0 Å². The van der Waals surface area contributed by atoms with E-state index in [4.69, 9.17) is 0 Å². The highest BCUT2D eigenvalue weighted by molar-refractivity contribution is 7.86. The summed E-state index contributed by atoms with van der Waals surface area (Å²) in [5.41, 5.74) is 0. The normalized spacial score (nSPS) is 10.0. The molecule has 0 spiro atoms. The molecule has 0 N–H and O–H groups in total. The van der Waals surface area contributed by atoms with Gasteiger partial charge in [-0.3, -0.25) is 0 Å². The van der Waals surface area contributed by atoms with Crippen LogP contribution in [-0.4, -0.2) is 14.2 Å². The molecule has 0 fully saturated rings. The zero-order valence-electron chi connectivity index (χ0n) is 4.42. The van der Waals surface area contributed by atoms with Gasteiger partial charge in [0.25, 0.3) is 0 Å². The summed E-state index contributed by atoms with van der Waals surface area (Å²) in [5, 5.41) is 0. The maximum atomic E-state index is 10.2. The molecule has 0 atom stereocenters. The number of terminal acetylenes is 1. The lowest BCUT2D eigenvalue weighted by atomic mass is 11.0. The van der Waals surface area contributed by atoms with Crippen molar-refractivity contribution in [3.05, 3.63) is 0 Å². The molecule has 0 aromatic heterocycles. The van der Waals surface area contributed by atoms with Gasteiger partial charge < -0.3 is 4.18 Å². The summed E-state index contributed by atoms with van der Waals surface area (Å²) >= 11 is 0. The Bertz CT molecular complexity index is 184. The van der Waals surface area contributed by atoms with E-state index in [-0.39, 0.29) is 5.75 Å². The van der Waals surface area contributed by atoms with Gasteiger partial charge in [-0.15, -0.1) is 0 Å². The molecular weight excluding hydrogens is 128 g/mol. The van der Waals surface area contributed by atoms with E-state index in [1.54, 1.807) is 6.11 Å². The van der Waals surface area contributed by atoms with Gasteiger partial charge in [0.05, 0.1) is 5.75 Å². The summed E-state index contributed by atoms with van der Waals surface area (Å²) in [6, 6.07) is 0. The molecule has 0 amide bonds. The third kappa shape index (κ3) is 2.48. The monoisotopic (exact) mass is 134 g/mol. The van der Waals surface area contributed by atoms with Crippen molar-refractivity contribution < 1.29 is 12.6 Å². The van der Waals surface area contributed by atoms with E-state index in [2.05, 4.69) is 10.6 Å². The van der Waals surface area contributed by atoms with Gasteiger partial charge >= 0.3 is 10.1 Å². The largest absolute Gasteiger partial charge is 0.328 e. The Hall–Kier alpha value is -0.690. The maximum Gasteiger partial charge on any atom is 0.316 e. The maximum absolute atomic E-state index is 10.2. The summed E-state index contributed by atoms with van der Waals surface area (Å²) in [5.74, 6) is -0.0861. The number of rotatable bonds is 2. The van der Waals surface area contributed by atoms with E-state index in [1.807, 2.05) is 0 Å². The zero-order valence-corrected chi connectivity index (χ0v) is 5.23.